The molecule has 2 aliphatic heterocycles. The standard InChI is InChI=1S/C21H25F2N3O3S/c22-17-8-4-7-15(18(17)23)9-14-30(28,29)26-12-10-21(11-13-26)20(27)24-19(25-21)16-5-2-1-3-6-16/h4,7-9,14,16H,1-3,5-6,10-13H2,(H,24,25,27)/b14-9+. The van der Waals surface area contributed by atoms with Gasteiger partial charge in [-0.25, -0.2) is 17.2 Å². The van der Waals surface area contributed by atoms with Crippen LogP contribution in [0.5, 0.6) is 0 Å². The van der Waals surface area contributed by atoms with Crippen LogP contribution in [0.1, 0.15) is 50.5 Å². The van der Waals surface area contributed by atoms with Crippen molar-refractivity contribution >= 4 is 27.8 Å². The molecule has 3 aliphatic rings. The molecule has 1 spiro atoms. The van der Waals surface area contributed by atoms with Crippen LogP contribution in [-0.2, 0) is 14.8 Å². The molecule has 6 nitrogen and oxygen atoms in total. The molecule has 30 heavy (non-hydrogen) atoms. The first-order chi connectivity index (χ1) is 14.3. The number of carbonyl (C=O) groups excluding carboxylic acids is 1. The van der Waals surface area contributed by atoms with E-state index in [1.54, 1.807) is 0 Å². The zero-order valence-electron chi connectivity index (χ0n) is 16.6. The Morgan fingerprint density at radius 3 is 2.53 bits per heavy atom. The van der Waals surface area contributed by atoms with Crippen LogP contribution >= 0.6 is 0 Å². The van der Waals surface area contributed by atoms with Crippen molar-refractivity contribution in [1.29, 1.82) is 0 Å². The number of hydrogen-bond donors (Lipinski definition) is 1. The van der Waals surface area contributed by atoms with Gasteiger partial charge in [-0.05, 0) is 37.8 Å². The maximum atomic E-state index is 13.8. The van der Waals surface area contributed by atoms with Gasteiger partial charge in [0.2, 0.25) is 10.0 Å². The summed E-state index contributed by atoms with van der Waals surface area (Å²) in [5, 5.41) is 3.83. The topological polar surface area (TPSA) is 78.8 Å². The molecule has 1 amide bonds. The average Bonchev–Trinajstić information content (AvgIpc) is 3.06. The van der Waals surface area contributed by atoms with Gasteiger partial charge in [-0.3, -0.25) is 9.79 Å². The smallest absolute Gasteiger partial charge is 0.253 e. The lowest BCUT2D eigenvalue weighted by molar-refractivity contribution is -0.124. The second-order valence-corrected chi connectivity index (χ2v) is 10.0. The number of hydrogen-bond acceptors (Lipinski definition) is 4. The fraction of sp³-hybridized carbons (Fsp3) is 0.524. The van der Waals surface area contributed by atoms with Gasteiger partial charge in [0.25, 0.3) is 5.91 Å². The molecular formula is C21H25F2N3O3S. The molecule has 2 heterocycles. The number of nitrogens with zero attached hydrogens (tertiary/aromatic N) is 2. The number of halogens is 2. The van der Waals surface area contributed by atoms with Crippen molar-refractivity contribution in [3.8, 4) is 0 Å². The Morgan fingerprint density at radius 1 is 1.13 bits per heavy atom. The van der Waals surface area contributed by atoms with Gasteiger partial charge in [-0.15, -0.1) is 0 Å². The molecule has 0 bridgehead atoms. The quantitative estimate of drug-likeness (QED) is 0.786. The van der Waals surface area contributed by atoms with Crippen LogP contribution in [-0.4, -0.2) is 43.1 Å². The molecule has 9 heteroatoms. The molecule has 2 fully saturated rings. The number of carbonyl (C=O) groups is 1. The molecule has 0 aromatic heterocycles. The van der Waals surface area contributed by atoms with Gasteiger partial charge in [0.05, 0.1) is 0 Å². The number of aliphatic imine (C=N–C) groups is 1. The van der Waals surface area contributed by atoms with Gasteiger partial charge in [0.1, 0.15) is 11.4 Å². The second-order valence-electron chi connectivity index (χ2n) is 8.21. The van der Waals surface area contributed by atoms with E-state index in [9.17, 15) is 22.0 Å². The van der Waals surface area contributed by atoms with E-state index >= 15 is 0 Å². The molecule has 0 radical (unpaired) electrons. The molecule has 1 N–H and O–H groups in total. The zero-order chi connectivity index (χ0) is 21.4. The highest BCUT2D eigenvalue weighted by molar-refractivity contribution is 7.92. The van der Waals surface area contributed by atoms with Gasteiger partial charge >= 0.3 is 0 Å². The third-order valence-electron chi connectivity index (χ3n) is 6.30. The van der Waals surface area contributed by atoms with Gasteiger partial charge in [0, 0.05) is 30.0 Å². The molecule has 162 valence electrons. The van der Waals surface area contributed by atoms with Crippen LogP contribution in [0.15, 0.2) is 28.6 Å². The number of rotatable bonds is 4. The summed E-state index contributed by atoms with van der Waals surface area (Å²) in [6.45, 7) is 0.292. The summed E-state index contributed by atoms with van der Waals surface area (Å²) in [4.78, 5) is 17.4. The third-order valence-corrected chi connectivity index (χ3v) is 7.87. The molecule has 4 rings (SSSR count). The number of sulfonamides is 1. The lowest BCUT2D eigenvalue weighted by atomic mass is 9.88. The Bertz CT molecular complexity index is 993. The Labute approximate surface area is 175 Å². The van der Waals surface area contributed by atoms with E-state index in [2.05, 4.69) is 5.32 Å². The highest BCUT2D eigenvalue weighted by Gasteiger charge is 2.48. The largest absolute Gasteiger partial charge is 0.312 e. The Kier molecular flexibility index (Phi) is 5.76. The van der Waals surface area contributed by atoms with Crippen LogP contribution in [0.25, 0.3) is 6.08 Å². The van der Waals surface area contributed by atoms with Crippen LogP contribution < -0.4 is 5.32 Å². The molecule has 1 saturated heterocycles. The van der Waals surface area contributed by atoms with Crippen LogP contribution in [0, 0.1) is 17.6 Å². The van der Waals surface area contributed by atoms with E-state index in [1.807, 2.05) is 0 Å². The highest BCUT2D eigenvalue weighted by atomic mass is 32.2. The fourth-order valence-corrected chi connectivity index (χ4v) is 5.64. The summed E-state index contributed by atoms with van der Waals surface area (Å²) in [6.07, 6.45) is 7.19. The normalized spacial score (nSPS) is 23.1. The number of amides is 1. The predicted molar refractivity (Wildman–Crippen MR) is 110 cm³/mol. The predicted octanol–water partition coefficient (Wildman–Crippen LogP) is 3.21. The minimum absolute atomic E-state index is 0.135. The third kappa shape index (κ3) is 4.05. The fourth-order valence-electron chi connectivity index (χ4n) is 4.46. The Hall–Kier alpha value is -2.13. The van der Waals surface area contributed by atoms with Crippen molar-refractivity contribution < 1.29 is 22.0 Å². The summed E-state index contributed by atoms with van der Waals surface area (Å²) >= 11 is 0. The van der Waals surface area contributed by atoms with Crippen molar-refractivity contribution in [2.45, 2.75) is 50.5 Å². The highest BCUT2D eigenvalue weighted by Crippen LogP contribution is 2.35. The molecule has 0 atom stereocenters. The summed E-state index contributed by atoms with van der Waals surface area (Å²) in [5.74, 6) is -1.22. The van der Waals surface area contributed by atoms with Crippen LogP contribution in [0.2, 0.25) is 0 Å². The lowest BCUT2D eigenvalue weighted by Gasteiger charge is -2.34. The van der Waals surface area contributed by atoms with E-state index in [0.29, 0.717) is 12.8 Å². The van der Waals surface area contributed by atoms with E-state index in [-0.39, 0.29) is 30.5 Å². The van der Waals surface area contributed by atoms with E-state index < -0.39 is 27.2 Å². The monoisotopic (exact) mass is 437 g/mol. The molecule has 1 saturated carbocycles. The van der Waals surface area contributed by atoms with Crippen molar-refractivity contribution in [2.75, 3.05) is 13.1 Å². The van der Waals surface area contributed by atoms with Gasteiger partial charge < -0.3 is 5.32 Å². The first-order valence-electron chi connectivity index (χ1n) is 10.3. The van der Waals surface area contributed by atoms with E-state index in [4.69, 9.17) is 4.99 Å². The van der Waals surface area contributed by atoms with Crippen LogP contribution in [0.3, 0.4) is 0 Å². The molecular weight excluding hydrogens is 412 g/mol. The van der Waals surface area contributed by atoms with Crippen molar-refractivity contribution in [1.82, 2.24) is 9.62 Å². The van der Waals surface area contributed by atoms with Crippen molar-refractivity contribution in [3.63, 3.8) is 0 Å². The molecule has 1 aromatic rings. The van der Waals surface area contributed by atoms with Gasteiger partial charge in [-0.2, -0.15) is 4.31 Å². The molecule has 1 aliphatic carbocycles. The number of nitrogens with one attached hydrogen (secondary N) is 1. The first kappa shape index (κ1) is 21.1. The first-order valence-corrected chi connectivity index (χ1v) is 11.8. The maximum Gasteiger partial charge on any atom is 0.253 e. The summed E-state index contributed by atoms with van der Waals surface area (Å²) in [7, 11) is -3.83. The van der Waals surface area contributed by atoms with Crippen LogP contribution in [0.4, 0.5) is 8.78 Å². The molecule has 0 unspecified atom stereocenters. The van der Waals surface area contributed by atoms with E-state index in [0.717, 1.165) is 49.1 Å². The number of piperidine rings is 1. The van der Waals surface area contributed by atoms with Crippen molar-refractivity contribution in [2.24, 2.45) is 10.9 Å². The SMILES string of the molecule is O=C1NC(C2CCCCC2)=NC12CCN(S(=O)(=O)/C=C/c1cccc(F)c1F)CC2. The average molecular weight is 438 g/mol. The summed E-state index contributed by atoms with van der Waals surface area (Å²) in [6, 6.07) is 3.59. The lowest BCUT2D eigenvalue weighted by Crippen LogP contribution is -2.50. The second kappa shape index (κ2) is 8.19. The summed E-state index contributed by atoms with van der Waals surface area (Å²) < 4.78 is 53.6. The summed E-state index contributed by atoms with van der Waals surface area (Å²) in [5.41, 5.74) is -1.03. The Morgan fingerprint density at radius 2 is 1.83 bits per heavy atom. The van der Waals surface area contributed by atoms with Gasteiger partial charge in [0.15, 0.2) is 11.6 Å². The molecule has 1 aromatic carbocycles. The maximum absolute atomic E-state index is 13.8. The Balaban J connectivity index is 1.44. The zero-order valence-corrected chi connectivity index (χ0v) is 17.4. The number of amidine groups is 1. The minimum Gasteiger partial charge on any atom is -0.312 e. The van der Waals surface area contributed by atoms with E-state index in [1.165, 1.54) is 22.9 Å². The van der Waals surface area contributed by atoms with Gasteiger partial charge in [-0.1, -0.05) is 31.4 Å². The van der Waals surface area contributed by atoms with Crippen molar-refractivity contribution in [3.05, 3.63) is 40.8 Å². The minimum atomic E-state index is -3.83. The number of benzene rings is 1.